The normalized spacial score (nSPS) is 14.4. The van der Waals surface area contributed by atoms with Crippen LogP contribution in [0.3, 0.4) is 0 Å². The summed E-state index contributed by atoms with van der Waals surface area (Å²) in [4.78, 5) is 19.1. The van der Waals surface area contributed by atoms with Crippen LogP contribution in [0.4, 0.5) is 5.69 Å². The molecule has 0 saturated heterocycles. The Morgan fingerprint density at radius 1 is 1.41 bits per heavy atom. The second-order valence-electron chi connectivity index (χ2n) is 4.97. The molecule has 1 aliphatic rings. The van der Waals surface area contributed by atoms with Gasteiger partial charge in [-0.1, -0.05) is 0 Å². The van der Waals surface area contributed by atoms with E-state index >= 15 is 0 Å². The maximum Gasteiger partial charge on any atom is 0.270 e. The fraction of sp³-hybridized carbons (Fsp3) is 0.286. The quantitative estimate of drug-likeness (QED) is 0.836. The summed E-state index contributed by atoms with van der Waals surface area (Å²) in [7, 11) is -3.35. The first-order chi connectivity index (χ1) is 10.4. The van der Waals surface area contributed by atoms with Crippen LogP contribution in [0.2, 0.25) is 0 Å². The second kappa shape index (κ2) is 5.36. The van der Waals surface area contributed by atoms with Crippen molar-refractivity contribution < 1.29 is 17.9 Å². The molecule has 2 aromatic rings. The van der Waals surface area contributed by atoms with E-state index in [1.165, 1.54) is 23.5 Å². The lowest BCUT2D eigenvalue weighted by Gasteiger charge is -2.29. The Labute approximate surface area is 132 Å². The lowest BCUT2D eigenvalue weighted by molar-refractivity contribution is 0.0979. The van der Waals surface area contributed by atoms with E-state index in [0.717, 1.165) is 6.26 Å². The molecule has 0 bridgehead atoms. The minimum absolute atomic E-state index is 0.163. The molecule has 0 aliphatic carbocycles. The minimum Gasteiger partial charge on any atom is -0.490 e. The zero-order valence-corrected chi connectivity index (χ0v) is 13.7. The predicted molar refractivity (Wildman–Crippen MR) is 83.6 cm³/mol. The van der Waals surface area contributed by atoms with Crippen molar-refractivity contribution in [3.05, 3.63) is 34.3 Å². The number of hydrogen-bond donors (Lipinski definition) is 0. The molecular formula is C14H14N2O4S2. The number of amides is 1. The summed E-state index contributed by atoms with van der Waals surface area (Å²) in [5.41, 5.74) is 2.77. The largest absolute Gasteiger partial charge is 0.490 e. The molecular weight excluding hydrogens is 324 g/mol. The average molecular weight is 338 g/mol. The summed E-state index contributed by atoms with van der Waals surface area (Å²) in [6.45, 7) is 2.52. The molecule has 0 atom stereocenters. The fourth-order valence-corrected chi connectivity index (χ4v) is 3.66. The van der Waals surface area contributed by atoms with E-state index in [2.05, 4.69) is 4.98 Å². The van der Waals surface area contributed by atoms with Crippen LogP contribution in [-0.2, 0) is 9.84 Å². The Bertz CT molecular complexity index is 842. The number of ether oxygens (including phenoxy) is 1. The summed E-state index contributed by atoms with van der Waals surface area (Å²) in [6, 6.07) is 4.56. The van der Waals surface area contributed by atoms with Gasteiger partial charge in [-0.15, -0.1) is 11.3 Å². The van der Waals surface area contributed by atoms with E-state index in [-0.39, 0.29) is 10.8 Å². The van der Waals surface area contributed by atoms with Gasteiger partial charge in [0, 0.05) is 6.26 Å². The number of aryl methyl sites for hydroxylation is 1. The van der Waals surface area contributed by atoms with E-state index in [0.29, 0.717) is 35.2 Å². The maximum absolute atomic E-state index is 12.7. The number of sulfone groups is 1. The number of hydrogen-bond acceptors (Lipinski definition) is 6. The molecule has 2 heterocycles. The van der Waals surface area contributed by atoms with Gasteiger partial charge in [0.25, 0.3) is 5.91 Å². The Morgan fingerprint density at radius 2 is 2.18 bits per heavy atom. The van der Waals surface area contributed by atoms with Gasteiger partial charge in [-0.3, -0.25) is 4.79 Å². The molecule has 0 unspecified atom stereocenters. The van der Waals surface area contributed by atoms with Crippen molar-refractivity contribution in [2.45, 2.75) is 11.8 Å². The Hall–Kier alpha value is -1.93. The smallest absolute Gasteiger partial charge is 0.270 e. The van der Waals surface area contributed by atoms with E-state index in [1.54, 1.807) is 23.4 Å². The van der Waals surface area contributed by atoms with Gasteiger partial charge in [0.1, 0.15) is 17.2 Å². The molecule has 0 fully saturated rings. The topological polar surface area (TPSA) is 76.6 Å². The van der Waals surface area contributed by atoms with Crippen molar-refractivity contribution >= 4 is 32.8 Å². The average Bonchev–Trinajstić information content (AvgIpc) is 2.90. The van der Waals surface area contributed by atoms with E-state index < -0.39 is 9.84 Å². The molecule has 0 radical (unpaired) electrons. The van der Waals surface area contributed by atoms with E-state index in [1.807, 2.05) is 0 Å². The number of thiazole rings is 1. The molecule has 0 N–H and O–H groups in total. The van der Waals surface area contributed by atoms with Crippen molar-refractivity contribution in [3.8, 4) is 5.75 Å². The molecule has 1 aliphatic heterocycles. The van der Waals surface area contributed by atoms with Crippen molar-refractivity contribution in [2.24, 2.45) is 0 Å². The highest BCUT2D eigenvalue weighted by Gasteiger charge is 2.28. The molecule has 3 rings (SSSR count). The lowest BCUT2D eigenvalue weighted by atomic mass is 10.2. The second-order valence-corrected chi connectivity index (χ2v) is 7.84. The first kappa shape index (κ1) is 15.0. The molecule has 1 aromatic carbocycles. The fourth-order valence-electron chi connectivity index (χ4n) is 2.27. The van der Waals surface area contributed by atoms with Crippen LogP contribution in [0.15, 0.2) is 28.6 Å². The number of aromatic nitrogens is 1. The third kappa shape index (κ3) is 2.59. The van der Waals surface area contributed by atoms with Crippen molar-refractivity contribution in [2.75, 3.05) is 24.3 Å². The van der Waals surface area contributed by atoms with E-state index in [9.17, 15) is 13.2 Å². The van der Waals surface area contributed by atoms with Gasteiger partial charge < -0.3 is 9.64 Å². The lowest BCUT2D eigenvalue weighted by Crippen LogP contribution is -2.38. The molecule has 0 spiro atoms. The van der Waals surface area contributed by atoms with Crippen LogP contribution in [0.25, 0.3) is 0 Å². The minimum atomic E-state index is -3.35. The summed E-state index contributed by atoms with van der Waals surface area (Å²) >= 11 is 1.27. The number of carbonyl (C=O) groups excluding carboxylic acids is 1. The van der Waals surface area contributed by atoms with Crippen LogP contribution in [0.1, 0.15) is 15.4 Å². The number of rotatable bonds is 2. The van der Waals surface area contributed by atoms with Crippen LogP contribution in [0.5, 0.6) is 5.75 Å². The number of nitrogens with zero attached hydrogens (tertiary/aromatic N) is 2. The maximum atomic E-state index is 12.7. The van der Waals surface area contributed by atoms with Gasteiger partial charge >= 0.3 is 0 Å². The number of fused-ring (bicyclic) bond motifs is 1. The van der Waals surface area contributed by atoms with E-state index in [4.69, 9.17) is 4.74 Å². The van der Waals surface area contributed by atoms with Crippen molar-refractivity contribution in [1.29, 1.82) is 0 Å². The summed E-state index contributed by atoms with van der Waals surface area (Å²) < 4.78 is 29.0. The number of benzene rings is 1. The van der Waals surface area contributed by atoms with Crippen LogP contribution in [-0.4, -0.2) is 38.7 Å². The standard InChI is InChI=1S/C14H14N2O4S2/c1-9-13(21-8-15-9)14(17)16-5-6-20-12-4-3-10(7-11(12)16)22(2,18)19/h3-4,7-8H,5-6H2,1-2H3. The van der Waals surface area contributed by atoms with Crippen LogP contribution >= 0.6 is 11.3 Å². The summed E-state index contributed by atoms with van der Waals surface area (Å²) in [5, 5.41) is 0. The Balaban J connectivity index is 2.07. The number of carbonyl (C=O) groups is 1. The Morgan fingerprint density at radius 3 is 2.82 bits per heavy atom. The SMILES string of the molecule is Cc1ncsc1C(=O)N1CCOc2ccc(S(C)(=O)=O)cc21. The Kier molecular flexibility index (Phi) is 3.65. The van der Waals surface area contributed by atoms with Gasteiger partial charge in [-0.2, -0.15) is 0 Å². The van der Waals surface area contributed by atoms with Gasteiger partial charge in [-0.05, 0) is 25.1 Å². The highest BCUT2D eigenvalue weighted by molar-refractivity contribution is 7.90. The molecule has 22 heavy (non-hydrogen) atoms. The third-order valence-electron chi connectivity index (χ3n) is 3.41. The third-order valence-corrected chi connectivity index (χ3v) is 5.43. The predicted octanol–water partition coefficient (Wildman–Crippen LogP) is 1.89. The summed E-state index contributed by atoms with van der Waals surface area (Å²) in [5.74, 6) is 0.323. The van der Waals surface area contributed by atoms with Gasteiger partial charge in [0.15, 0.2) is 9.84 Å². The molecule has 1 aromatic heterocycles. The zero-order valence-electron chi connectivity index (χ0n) is 12.1. The molecule has 0 saturated carbocycles. The monoisotopic (exact) mass is 338 g/mol. The highest BCUT2D eigenvalue weighted by Crippen LogP contribution is 2.35. The molecule has 116 valence electrons. The highest BCUT2D eigenvalue weighted by atomic mass is 32.2. The summed E-state index contributed by atoms with van der Waals surface area (Å²) in [6.07, 6.45) is 1.14. The van der Waals surface area contributed by atoms with Crippen molar-refractivity contribution in [1.82, 2.24) is 4.98 Å². The van der Waals surface area contributed by atoms with Crippen molar-refractivity contribution in [3.63, 3.8) is 0 Å². The molecule has 6 nitrogen and oxygen atoms in total. The molecule has 8 heteroatoms. The first-order valence-electron chi connectivity index (χ1n) is 6.57. The van der Waals surface area contributed by atoms with Crippen LogP contribution < -0.4 is 9.64 Å². The number of anilines is 1. The van der Waals surface area contributed by atoms with Gasteiger partial charge in [0.05, 0.1) is 28.3 Å². The first-order valence-corrected chi connectivity index (χ1v) is 9.34. The van der Waals surface area contributed by atoms with Gasteiger partial charge in [-0.25, -0.2) is 13.4 Å². The van der Waals surface area contributed by atoms with Gasteiger partial charge in [0.2, 0.25) is 0 Å². The van der Waals surface area contributed by atoms with Crippen LogP contribution in [0, 0.1) is 6.92 Å². The molecule has 1 amide bonds. The zero-order chi connectivity index (χ0) is 15.9.